The highest BCUT2D eigenvalue weighted by Crippen LogP contribution is 2.35. The van der Waals surface area contributed by atoms with Crippen LogP contribution in [0, 0.1) is 0 Å². The number of aromatic hydroxyl groups is 1. The minimum atomic E-state index is -5.08. The van der Waals surface area contributed by atoms with Gasteiger partial charge in [0, 0.05) is 19.0 Å². The quantitative estimate of drug-likeness (QED) is 0.749. The van der Waals surface area contributed by atoms with Crippen LogP contribution in [0.15, 0.2) is 30.9 Å². The molecule has 0 saturated carbocycles. The number of aromatic nitrogens is 3. The van der Waals surface area contributed by atoms with Crippen LogP contribution in [0.5, 0.6) is 5.75 Å². The molecule has 2 aliphatic rings. The number of carboxylic acids is 1. The smallest absolute Gasteiger partial charge is 0.490 e. The molecule has 1 aromatic heterocycles. The average Bonchev–Trinajstić information content (AvgIpc) is 3.20. The van der Waals surface area contributed by atoms with Gasteiger partial charge in [-0.2, -0.15) is 18.3 Å². The monoisotopic (exact) mass is 442 g/mol. The molecule has 11 heteroatoms. The number of halogens is 3. The fourth-order valence-electron chi connectivity index (χ4n) is 4.11. The van der Waals surface area contributed by atoms with Gasteiger partial charge in [-0.1, -0.05) is 19.1 Å². The molecule has 2 N–H and O–H groups in total. The molecule has 0 radical (unpaired) electrons. The van der Waals surface area contributed by atoms with Crippen LogP contribution in [0.3, 0.4) is 0 Å². The molecule has 8 nitrogen and oxygen atoms in total. The molecule has 3 atom stereocenters. The number of hydrogen-bond donors (Lipinski definition) is 2. The Labute approximate surface area is 177 Å². The van der Waals surface area contributed by atoms with E-state index < -0.39 is 12.1 Å². The number of ether oxygens (including phenoxy) is 1. The van der Waals surface area contributed by atoms with E-state index in [-0.39, 0.29) is 12.2 Å². The molecule has 0 amide bonds. The third-order valence-corrected chi connectivity index (χ3v) is 5.40. The summed E-state index contributed by atoms with van der Waals surface area (Å²) in [5.41, 5.74) is 2.31. The van der Waals surface area contributed by atoms with Crippen molar-refractivity contribution < 1.29 is 32.9 Å². The molecule has 1 saturated heterocycles. The van der Waals surface area contributed by atoms with Crippen molar-refractivity contribution in [2.24, 2.45) is 0 Å². The lowest BCUT2D eigenvalue weighted by molar-refractivity contribution is -0.192. The second-order valence-corrected chi connectivity index (χ2v) is 7.60. The zero-order valence-electron chi connectivity index (χ0n) is 17.0. The zero-order valence-corrected chi connectivity index (χ0v) is 17.0. The summed E-state index contributed by atoms with van der Waals surface area (Å²) < 4.78 is 40.0. The maximum absolute atomic E-state index is 10.6. The largest absolute Gasteiger partial charge is 0.508 e. The van der Waals surface area contributed by atoms with Crippen molar-refractivity contribution in [2.75, 3.05) is 13.1 Å². The minimum absolute atomic E-state index is 0.104. The molecule has 4 rings (SSSR count). The molecule has 31 heavy (non-hydrogen) atoms. The van der Waals surface area contributed by atoms with Crippen molar-refractivity contribution in [3.8, 4) is 5.75 Å². The average molecular weight is 442 g/mol. The number of alkyl halides is 3. The Hall–Kier alpha value is -2.66. The molecule has 2 heterocycles. The van der Waals surface area contributed by atoms with E-state index in [4.69, 9.17) is 14.6 Å². The lowest BCUT2D eigenvalue weighted by Crippen LogP contribution is -2.58. The lowest BCUT2D eigenvalue weighted by Gasteiger charge is -2.47. The van der Waals surface area contributed by atoms with Crippen molar-refractivity contribution >= 4 is 5.97 Å². The van der Waals surface area contributed by atoms with Crippen molar-refractivity contribution in [1.29, 1.82) is 0 Å². The number of nitrogens with zero attached hydrogens (tertiary/aromatic N) is 4. The highest BCUT2D eigenvalue weighted by molar-refractivity contribution is 5.73. The normalized spacial score (nSPS) is 23.3. The van der Waals surface area contributed by atoms with E-state index in [0.29, 0.717) is 11.8 Å². The Balaban J connectivity index is 0.000000339. The van der Waals surface area contributed by atoms with Crippen molar-refractivity contribution in [1.82, 2.24) is 19.7 Å². The van der Waals surface area contributed by atoms with Gasteiger partial charge in [0.05, 0.1) is 18.8 Å². The van der Waals surface area contributed by atoms with Gasteiger partial charge in [-0.3, -0.25) is 9.58 Å². The first-order chi connectivity index (χ1) is 14.7. The summed E-state index contributed by atoms with van der Waals surface area (Å²) in [5.74, 6) is -2.36. The van der Waals surface area contributed by atoms with Gasteiger partial charge in [-0.15, -0.1) is 0 Å². The highest BCUT2D eigenvalue weighted by Gasteiger charge is 2.40. The topological polar surface area (TPSA) is 101 Å². The molecular weight excluding hydrogens is 417 g/mol. The third-order valence-electron chi connectivity index (χ3n) is 5.40. The van der Waals surface area contributed by atoms with Crippen LogP contribution >= 0.6 is 0 Å². The van der Waals surface area contributed by atoms with E-state index in [2.05, 4.69) is 28.0 Å². The Kier molecular flexibility index (Phi) is 7.16. The summed E-state index contributed by atoms with van der Waals surface area (Å²) in [6.07, 6.45) is 1.30. The Morgan fingerprint density at radius 1 is 1.32 bits per heavy atom. The van der Waals surface area contributed by atoms with Crippen LogP contribution in [0.1, 0.15) is 24.5 Å². The van der Waals surface area contributed by atoms with E-state index in [1.165, 1.54) is 5.56 Å². The van der Waals surface area contributed by atoms with Gasteiger partial charge >= 0.3 is 12.1 Å². The second kappa shape index (κ2) is 9.65. The Morgan fingerprint density at radius 3 is 2.68 bits per heavy atom. The predicted molar refractivity (Wildman–Crippen MR) is 104 cm³/mol. The van der Waals surface area contributed by atoms with Crippen molar-refractivity contribution in [3.05, 3.63) is 42.0 Å². The number of fused-ring (bicyclic) bond motifs is 2. The predicted octanol–water partition coefficient (Wildman–Crippen LogP) is 2.26. The molecule has 170 valence electrons. The van der Waals surface area contributed by atoms with Crippen LogP contribution in [0.4, 0.5) is 13.2 Å². The first kappa shape index (κ1) is 23.0. The van der Waals surface area contributed by atoms with Gasteiger partial charge in [-0.05, 0) is 36.6 Å². The lowest BCUT2D eigenvalue weighted by atomic mass is 9.83. The van der Waals surface area contributed by atoms with Crippen LogP contribution < -0.4 is 0 Å². The number of aliphatic carboxylic acids is 1. The van der Waals surface area contributed by atoms with E-state index in [9.17, 15) is 18.3 Å². The number of carboxylic acid groups (broad SMARTS) is 1. The Bertz CT molecular complexity index is 876. The summed E-state index contributed by atoms with van der Waals surface area (Å²) in [6, 6.07) is 6.25. The molecule has 1 aromatic carbocycles. The number of hydrogen-bond acceptors (Lipinski definition) is 6. The van der Waals surface area contributed by atoms with Crippen LogP contribution in [0.25, 0.3) is 0 Å². The van der Waals surface area contributed by atoms with Gasteiger partial charge in [0.15, 0.2) is 0 Å². The molecule has 0 spiro atoms. The Morgan fingerprint density at radius 2 is 2.06 bits per heavy atom. The van der Waals surface area contributed by atoms with Gasteiger partial charge in [0.2, 0.25) is 0 Å². The van der Waals surface area contributed by atoms with Crippen molar-refractivity contribution in [3.63, 3.8) is 0 Å². The molecule has 2 aromatic rings. The molecule has 1 aliphatic carbocycles. The molecule has 1 fully saturated rings. The zero-order chi connectivity index (χ0) is 22.6. The summed E-state index contributed by atoms with van der Waals surface area (Å²) in [6.45, 7) is 4.94. The number of benzene rings is 1. The van der Waals surface area contributed by atoms with Crippen LogP contribution in [0.2, 0.25) is 0 Å². The van der Waals surface area contributed by atoms with E-state index in [0.717, 1.165) is 44.5 Å². The number of carbonyl (C=O) groups is 1. The molecular formula is C20H25F3N4O4. The fourth-order valence-corrected chi connectivity index (χ4v) is 4.11. The minimum Gasteiger partial charge on any atom is -0.508 e. The maximum atomic E-state index is 10.6. The van der Waals surface area contributed by atoms with Crippen molar-refractivity contribution in [2.45, 2.75) is 57.2 Å². The number of phenolic OH excluding ortho intramolecular Hbond substituents is 1. The summed E-state index contributed by atoms with van der Waals surface area (Å²) in [5, 5.41) is 21.5. The first-order valence-corrected chi connectivity index (χ1v) is 10.0. The van der Waals surface area contributed by atoms with E-state index >= 15 is 0 Å². The third kappa shape index (κ3) is 5.73. The number of phenols is 1. The standard InChI is InChI=1S/C18H24N4O2.C2HF3O2/c1-2-6-21-9-14(10-22-12-19-11-20-22)24-18-8-15-13(7-16(18)21)4-3-5-17(15)23;3-2(4,5)1(6)7/h3-5,11-12,14,16,18,23H,2,6-10H2,1H3;(H,6,7)/t14-,16-,18-;/m1./s1. The molecule has 0 bridgehead atoms. The molecule has 1 aliphatic heterocycles. The van der Waals surface area contributed by atoms with E-state index in [1.807, 2.05) is 10.7 Å². The van der Waals surface area contributed by atoms with Gasteiger partial charge in [0.1, 0.15) is 18.4 Å². The fraction of sp³-hybridized carbons (Fsp3) is 0.550. The highest BCUT2D eigenvalue weighted by atomic mass is 19.4. The van der Waals surface area contributed by atoms with Gasteiger partial charge in [-0.25, -0.2) is 9.78 Å². The number of rotatable bonds is 4. The van der Waals surface area contributed by atoms with Crippen LogP contribution in [-0.2, 0) is 28.9 Å². The SMILES string of the molecule is CCCN1C[C@H](Cn2cncn2)O[C@@H]2Cc3c(O)cccc3C[C@H]21.O=C(O)C(F)(F)F. The van der Waals surface area contributed by atoms with Crippen LogP contribution in [-0.4, -0.2) is 73.4 Å². The molecule has 0 unspecified atom stereocenters. The van der Waals surface area contributed by atoms with Gasteiger partial charge < -0.3 is 14.9 Å². The number of morpholine rings is 1. The second-order valence-electron chi connectivity index (χ2n) is 7.60. The first-order valence-electron chi connectivity index (χ1n) is 10.0. The maximum Gasteiger partial charge on any atom is 0.490 e. The van der Waals surface area contributed by atoms with Gasteiger partial charge in [0.25, 0.3) is 0 Å². The summed E-state index contributed by atoms with van der Waals surface area (Å²) in [7, 11) is 0. The summed E-state index contributed by atoms with van der Waals surface area (Å²) in [4.78, 5) is 15.5. The summed E-state index contributed by atoms with van der Waals surface area (Å²) >= 11 is 0. The van der Waals surface area contributed by atoms with E-state index in [1.54, 1.807) is 18.7 Å².